The van der Waals surface area contributed by atoms with E-state index in [0.29, 0.717) is 35.3 Å². The number of aromatic hydroxyl groups is 1. The van der Waals surface area contributed by atoms with E-state index in [1.165, 1.54) is 24.3 Å². The number of fused-ring (bicyclic) bond motifs is 1. The molecule has 4 rings (SSSR count). The Hall–Kier alpha value is -3.33. The van der Waals surface area contributed by atoms with Gasteiger partial charge in [0.05, 0.1) is 11.3 Å². The van der Waals surface area contributed by atoms with Crippen LogP contribution in [0.3, 0.4) is 0 Å². The lowest BCUT2D eigenvalue weighted by Crippen LogP contribution is -2.37. The molecule has 0 spiro atoms. The van der Waals surface area contributed by atoms with E-state index in [4.69, 9.17) is 0 Å². The summed E-state index contributed by atoms with van der Waals surface area (Å²) in [5.74, 6) is -0.611. The Morgan fingerprint density at radius 3 is 2.41 bits per heavy atom. The van der Waals surface area contributed by atoms with E-state index in [9.17, 15) is 27.3 Å². The number of amides is 1. The fourth-order valence-electron chi connectivity index (χ4n) is 4.23. The van der Waals surface area contributed by atoms with Gasteiger partial charge in [0.2, 0.25) is 0 Å². The predicted molar refractivity (Wildman–Crippen MR) is 128 cm³/mol. The molecule has 0 saturated heterocycles. The van der Waals surface area contributed by atoms with Crippen LogP contribution in [0.15, 0.2) is 54.6 Å². The molecule has 2 N–H and O–H groups in total. The Balaban J connectivity index is 1.67. The van der Waals surface area contributed by atoms with Crippen LogP contribution >= 0.6 is 0 Å². The van der Waals surface area contributed by atoms with Gasteiger partial charge in [-0.15, -0.1) is 0 Å². The SMILES string of the molecule is CC(C)c1ccc(-c2ccc3c(c2)CCN(c2ccc(O)c(N[SH]=O)c2)C3=O)cc1C(F)(F)F. The fourth-order valence-corrected chi connectivity index (χ4v) is 4.51. The summed E-state index contributed by atoms with van der Waals surface area (Å²) in [6, 6.07) is 14.0. The summed E-state index contributed by atoms with van der Waals surface area (Å²) < 4.78 is 54.3. The lowest BCUT2D eigenvalue weighted by Gasteiger charge is -2.29. The van der Waals surface area contributed by atoms with Gasteiger partial charge < -0.3 is 14.7 Å². The molecule has 3 aromatic carbocycles. The number of thiol groups is 1. The predicted octanol–water partition coefficient (Wildman–Crippen LogP) is 5.68. The van der Waals surface area contributed by atoms with Crippen molar-refractivity contribution < 1.29 is 27.3 Å². The molecule has 0 aliphatic carbocycles. The van der Waals surface area contributed by atoms with Gasteiger partial charge in [0.25, 0.3) is 5.91 Å². The Bertz CT molecular complexity index is 1270. The van der Waals surface area contributed by atoms with Crippen LogP contribution in [0.5, 0.6) is 5.75 Å². The van der Waals surface area contributed by atoms with Crippen LogP contribution in [-0.4, -0.2) is 21.8 Å². The highest BCUT2D eigenvalue weighted by atomic mass is 32.2. The molecule has 0 fully saturated rings. The maximum absolute atomic E-state index is 13.6. The zero-order chi connectivity index (χ0) is 24.6. The average Bonchev–Trinajstić information content (AvgIpc) is 2.80. The number of rotatable bonds is 5. The number of halogens is 3. The summed E-state index contributed by atoms with van der Waals surface area (Å²) in [5.41, 5.74) is 2.65. The largest absolute Gasteiger partial charge is 0.506 e. The molecule has 1 aliphatic rings. The number of alkyl halides is 3. The Morgan fingerprint density at radius 2 is 1.74 bits per heavy atom. The van der Waals surface area contributed by atoms with E-state index in [1.807, 2.05) is 0 Å². The number of benzene rings is 3. The van der Waals surface area contributed by atoms with Crippen molar-refractivity contribution in [2.24, 2.45) is 0 Å². The van der Waals surface area contributed by atoms with Crippen molar-refractivity contribution in [3.05, 3.63) is 76.9 Å². The highest BCUT2D eigenvalue weighted by Gasteiger charge is 2.34. The van der Waals surface area contributed by atoms with Gasteiger partial charge in [-0.1, -0.05) is 38.1 Å². The first-order valence-corrected chi connectivity index (χ1v) is 11.5. The van der Waals surface area contributed by atoms with Gasteiger partial charge >= 0.3 is 6.18 Å². The molecule has 3 aromatic rings. The minimum atomic E-state index is -4.45. The molecule has 1 aliphatic heterocycles. The van der Waals surface area contributed by atoms with Crippen LogP contribution in [-0.2, 0) is 24.4 Å². The molecule has 1 heterocycles. The van der Waals surface area contributed by atoms with E-state index in [2.05, 4.69) is 4.72 Å². The number of nitrogens with zero attached hydrogens (tertiary/aromatic N) is 1. The first-order valence-electron chi connectivity index (χ1n) is 10.7. The van der Waals surface area contributed by atoms with Crippen molar-refractivity contribution >= 4 is 29.1 Å². The van der Waals surface area contributed by atoms with Crippen molar-refractivity contribution in [1.82, 2.24) is 0 Å². The zero-order valence-corrected chi connectivity index (χ0v) is 19.4. The van der Waals surface area contributed by atoms with Crippen molar-refractivity contribution in [3.63, 3.8) is 0 Å². The van der Waals surface area contributed by atoms with Crippen LogP contribution in [0.25, 0.3) is 11.1 Å². The number of anilines is 2. The molecule has 0 aromatic heterocycles. The van der Waals surface area contributed by atoms with Gasteiger partial charge in [0.15, 0.2) is 0 Å². The summed E-state index contributed by atoms with van der Waals surface area (Å²) in [4.78, 5) is 14.7. The fraction of sp³-hybridized carbons (Fsp3) is 0.240. The number of phenolic OH excluding ortho intramolecular Hbond substituents is 1. The standard InChI is InChI=1S/C25H23F3N2O3S/c1-14(2)19-6-3-16(12-21(19)25(26,27)28)15-4-7-20-17(11-15)9-10-30(24(20)32)18-5-8-23(31)22(13-18)29-34-33/h3-8,11-14,31,34H,9-10H2,1-2H3,(H,29,33). The zero-order valence-electron chi connectivity index (χ0n) is 18.5. The molecule has 0 unspecified atom stereocenters. The first-order chi connectivity index (χ1) is 16.1. The van der Waals surface area contributed by atoms with Gasteiger partial charge in [-0.05, 0) is 64.9 Å². The molecule has 0 atom stereocenters. The van der Waals surface area contributed by atoms with E-state index in [1.54, 1.807) is 49.1 Å². The molecule has 0 saturated carbocycles. The molecule has 5 nitrogen and oxygen atoms in total. The van der Waals surface area contributed by atoms with Crippen molar-refractivity contribution in [3.8, 4) is 16.9 Å². The third-order valence-electron chi connectivity index (χ3n) is 5.96. The van der Waals surface area contributed by atoms with Crippen molar-refractivity contribution in [2.75, 3.05) is 16.2 Å². The van der Waals surface area contributed by atoms with Gasteiger partial charge in [0.1, 0.15) is 17.6 Å². The molecule has 0 radical (unpaired) electrons. The highest BCUT2D eigenvalue weighted by Crippen LogP contribution is 2.38. The smallest absolute Gasteiger partial charge is 0.416 e. The van der Waals surface area contributed by atoms with Crippen molar-refractivity contribution in [1.29, 1.82) is 0 Å². The van der Waals surface area contributed by atoms with Crippen LogP contribution in [0, 0.1) is 0 Å². The molecule has 0 bridgehead atoms. The summed E-state index contributed by atoms with van der Waals surface area (Å²) in [6.07, 6.45) is -3.95. The van der Waals surface area contributed by atoms with E-state index < -0.39 is 11.7 Å². The lowest BCUT2D eigenvalue weighted by atomic mass is 9.90. The van der Waals surface area contributed by atoms with Gasteiger partial charge in [-0.25, -0.2) is 4.21 Å². The van der Waals surface area contributed by atoms with Gasteiger partial charge in [-0.3, -0.25) is 4.79 Å². The highest BCUT2D eigenvalue weighted by molar-refractivity contribution is 7.67. The minimum Gasteiger partial charge on any atom is -0.506 e. The Morgan fingerprint density at radius 1 is 1.03 bits per heavy atom. The minimum absolute atomic E-state index is 0.0942. The lowest BCUT2D eigenvalue weighted by molar-refractivity contribution is -0.138. The molecular weight excluding hydrogens is 465 g/mol. The second kappa shape index (κ2) is 9.13. The quantitative estimate of drug-likeness (QED) is 0.320. The summed E-state index contributed by atoms with van der Waals surface area (Å²) in [6.45, 7) is 3.82. The van der Waals surface area contributed by atoms with Crippen LogP contribution < -0.4 is 9.62 Å². The number of hydrogen-bond donors (Lipinski definition) is 3. The number of carbonyl (C=O) groups is 1. The molecule has 178 valence electrons. The van der Waals surface area contributed by atoms with Crippen LogP contribution in [0.4, 0.5) is 24.5 Å². The normalized spacial score (nSPS) is 13.8. The number of hydrogen-bond acceptors (Lipinski definition) is 3. The van der Waals surface area contributed by atoms with Gasteiger partial charge in [0, 0.05) is 17.8 Å². The number of nitrogens with one attached hydrogen (secondary N) is 1. The topological polar surface area (TPSA) is 69.6 Å². The Kier molecular flexibility index (Phi) is 6.40. The van der Waals surface area contributed by atoms with E-state index in [0.717, 1.165) is 5.56 Å². The van der Waals surface area contributed by atoms with Gasteiger partial charge in [-0.2, -0.15) is 13.2 Å². The summed E-state index contributed by atoms with van der Waals surface area (Å²) in [5, 5.41) is 9.86. The second-order valence-electron chi connectivity index (χ2n) is 8.44. The maximum Gasteiger partial charge on any atom is 0.416 e. The average molecular weight is 489 g/mol. The maximum atomic E-state index is 13.6. The second-order valence-corrected chi connectivity index (χ2v) is 8.84. The van der Waals surface area contributed by atoms with Crippen LogP contribution in [0.1, 0.15) is 46.8 Å². The number of carbonyl (C=O) groups excluding carboxylic acids is 1. The molecular formula is C25H23F3N2O3S. The summed E-state index contributed by atoms with van der Waals surface area (Å²) in [7, 11) is 0. The van der Waals surface area contributed by atoms with Crippen LogP contribution in [0.2, 0.25) is 0 Å². The number of phenols is 1. The monoisotopic (exact) mass is 488 g/mol. The molecule has 34 heavy (non-hydrogen) atoms. The van der Waals surface area contributed by atoms with E-state index >= 15 is 0 Å². The molecule has 9 heteroatoms. The third-order valence-corrected chi connectivity index (χ3v) is 6.29. The first kappa shape index (κ1) is 23.8. The Labute approximate surface area is 198 Å². The summed E-state index contributed by atoms with van der Waals surface area (Å²) >= 11 is -0.386. The molecule has 1 amide bonds. The van der Waals surface area contributed by atoms with Crippen molar-refractivity contribution in [2.45, 2.75) is 32.4 Å². The van der Waals surface area contributed by atoms with E-state index in [-0.39, 0.29) is 40.7 Å². The third kappa shape index (κ3) is 4.52.